The molecule has 0 aliphatic carbocycles. The molecule has 1 aliphatic rings. The Morgan fingerprint density at radius 1 is 1.50 bits per heavy atom. The molecule has 3 nitrogen and oxygen atoms in total. The van der Waals surface area contributed by atoms with Gasteiger partial charge in [-0.25, -0.2) is 0 Å². The second-order valence-corrected chi connectivity index (χ2v) is 6.12. The molecule has 1 heterocycles. The Hall–Kier alpha value is -0.770. The monoisotopic (exact) mass is 297 g/mol. The van der Waals surface area contributed by atoms with Gasteiger partial charge in [0, 0.05) is 43.2 Å². The number of benzene rings is 1. The van der Waals surface area contributed by atoms with E-state index < -0.39 is 0 Å². The molecular weight excluding hydrogens is 274 g/mol. The molecule has 1 aromatic carbocycles. The minimum absolute atomic E-state index is 0.192. The first-order valence-electron chi connectivity index (χ1n) is 7.29. The third-order valence-corrected chi connectivity index (χ3v) is 4.05. The van der Waals surface area contributed by atoms with Crippen LogP contribution in [0.4, 0.5) is 0 Å². The molecule has 112 valence electrons. The molecule has 0 amide bonds. The molecule has 2 atom stereocenters. The van der Waals surface area contributed by atoms with Gasteiger partial charge in [-0.05, 0) is 38.1 Å². The summed E-state index contributed by atoms with van der Waals surface area (Å²) in [5.74, 6) is 0.938. The van der Waals surface area contributed by atoms with Crippen molar-refractivity contribution in [3.8, 4) is 5.75 Å². The smallest absolute Gasteiger partial charge is 0.125 e. The largest absolute Gasteiger partial charge is 0.487 e. The maximum Gasteiger partial charge on any atom is 0.125 e. The van der Waals surface area contributed by atoms with E-state index in [1.807, 2.05) is 18.2 Å². The van der Waals surface area contributed by atoms with Gasteiger partial charge in [-0.15, -0.1) is 0 Å². The second kappa shape index (κ2) is 6.79. The summed E-state index contributed by atoms with van der Waals surface area (Å²) >= 11 is 6.13. The van der Waals surface area contributed by atoms with E-state index in [0.717, 1.165) is 36.6 Å². The highest BCUT2D eigenvalue weighted by Gasteiger charge is 2.36. The summed E-state index contributed by atoms with van der Waals surface area (Å²) in [7, 11) is 1.73. The third kappa shape index (κ3) is 3.66. The van der Waals surface area contributed by atoms with Crippen molar-refractivity contribution in [2.24, 2.45) is 0 Å². The minimum atomic E-state index is -0.192. The average Bonchev–Trinajstić information content (AvgIpc) is 2.43. The van der Waals surface area contributed by atoms with Crippen LogP contribution < -0.4 is 10.1 Å². The first-order chi connectivity index (χ1) is 9.58. The molecule has 1 aromatic rings. The van der Waals surface area contributed by atoms with Crippen molar-refractivity contribution < 1.29 is 9.47 Å². The van der Waals surface area contributed by atoms with Gasteiger partial charge in [0.05, 0.1) is 0 Å². The molecule has 2 unspecified atom stereocenters. The van der Waals surface area contributed by atoms with E-state index in [0.29, 0.717) is 12.6 Å². The minimum Gasteiger partial charge on any atom is -0.487 e. The number of fused-ring (bicyclic) bond motifs is 1. The van der Waals surface area contributed by atoms with E-state index in [2.05, 4.69) is 19.2 Å². The summed E-state index contributed by atoms with van der Waals surface area (Å²) in [6, 6.07) is 6.17. The number of rotatable bonds is 6. The molecule has 1 N–H and O–H groups in total. The van der Waals surface area contributed by atoms with Crippen LogP contribution in [0.15, 0.2) is 18.2 Å². The second-order valence-electron chi connectivity index (χ2n) is 5.69. The fraction of sp³-hybridized carbons (Fsp3) is 0.625. The lowest BCUT2D eigenvalue weighted by atomic mass is 9.86. The Bertz CT molecular complexity index is 452. The van der Waals surface area contributed by atoms with Crippen molar-refractivity contribution in [1.29, 1.82) is 0 Å². The lowest BCUT2D eigenvalue weighted by Crippen LogP contribution is -2.42. The zero-order valence-electron chi connectivity index (χ0n) is 12.5. The van der Waals surface area contributed by atoms with E-state index in [9.17, 15) is 0 Å². The summed E-state index contributed by atoms with van der Waals surface area (Å²) in [6.07, 6.45) is 2.93. The van der Waals surface area contributed by atoms with Gasteiger partial charge in [0.25, 0.3) is 0 Å². The van der Waals surface area contributed by atoms with Crippen LogP contribution in [0.1, 0.15) is 44.7 Å². The highest BCUT2D eigenvalue weighted by atomic mass is 35.5. The molecule has 2 rings (SSSR count). The Morgan fingerprint density at radius 2 is 2.30 bits per heavy atom. The van der Waals surface area contributed by atoms with Gasteiger partial charge >= 0.3 is 0 Å². The SMILES string of the molecule is CCCNC1CC(C)(CCOC)Oc2ccc(Cl)cc21. The van der Waals surface area contributed by atoms with Gasteiger partial charge in [0.1, 0.15) is 11.4 Å². The molecule has 1 aliphatic heterocycles. The van der Waals surface area contributed by atoms with Gasteiger partial charge < -0.3 is 14.8 Å². The predicted molar refractivity (Wildman–Crippen MR) is 82.6 cm³/mol. The van der Waals surface area contributed by atoms with Crippen molar-refractivity contribution in [2.75, 3.05) is 20.3 Å². The number of halogens is 1. The van der Waals surface area contributed by atoms with Gasteiger partial charge in [0.2, 0.25) is 0 Å². The molecular formula is C16H24ClNO2. The summed E-state index contributed by atoms with van der Waals surface area (Å²) in [4.78, 5) is 0. The lowest BCUT2D eigenvalue weighted by Gasteiger charge is -2.40. The number of ether oxygens (including phenoxy) is 2. The van der Waals surface area contributed by atoms with Gasteiger partial charge in [-0.1, -0.05) is 18.5 Å². The number of methoxy groups -OCH3 is 1. The summed E-state index contributed by atoms with van der Waals surface area (Å²) in [5, 5.41) is 4.37. The van der Waals surface area contributed by atoms with E-state index in [4.69, 9.17) is 21.1 Å². The summed E-state index contributed by atoms with van der Waals surface area (Å²) in [5.41, 5.74) is 0.975. The highest BCUT2D eigenvalue weighted by Crippen LogP contribution is 2.42. The summed E-state index contributed by atoms with van der Waals surface area (Å²) < 4.78 is 11.4. The van der Waals surface area contributed by atoms with Gasteiger partial charge in [-0.2, -0.15) is 0 Å². The molecule has 0 saturated carbocycles. The Kier molecular flexibility index (Phi) is 5.30. The van der Waals surface area contributed by atoms with Crippen molar-refractivity contribution in [1.82, 2.24) is 5.32 Å². The molecule has 0 saturated heterocycles. The molecule has 4 heteroatoms. The maximum atomic E-state index is 6.21. The zero-order chi connectivity index (χ0) is 14.6. The molecule has 0 fully saturated rings. The number of hydrogen-bond donors (Lipinski definition) is 1. The third-order valence-electron chi connectivity index (χ3n) is 3.82. The standard InChI is InChI=1S/C16H24ClNO2/c1-4-8-18-14-11-16(2,7-9-19-3)20-15-6-5-12(17)10-13(14)15/h5-6,10,14,18H,4,7-9,11H2,1-3H3. The van der Waals surface area contributed by atoms with E-state index in [1.54, 1.807) is 7.11 Å². The van der Waals surface area contributed by atoms with Crippen LogP contribution in [0.25, 0.3) is 0 Å². The van der Waals surface area contributed by atoms with E-state index in [1.165, 1.54) is 5.56 Å². The molecule has 0 radical (unpaired) electrons. The van der Waals surface area contributed by atoms with E-state index in [-0.39, 0.29) is 5.60 Å². The van der Waals surface area contributed by atoms with Crippen LogP contribution in [0, 0.1) is 0 Å². The molecule has 20 heavy (non-hydrogen) atoms. The fourth-order valence-corrected chi connectivity index (χ4v) is 2.89. The quantitative estimate of drug-likeness (QED) is 0.862. The highest BCUT2D eigenvalue weighted by molar-refractivity contribution is 6.30. The Labute approximate surface area is 126 Å². The van der Waals surface area contributed by atoms with Crippen molar-refractivity contribution >= 4 is 11.6 Å². The van der Waals surface area contributed by atoms with Crippen molar-refractivity contribution in [3.63, 3.8) is 0 Å². The summed E-state index contributed by atoms with van der Waals surface area (Å²) in [6.45, 7) is 6.04. The predicted octanol–water partition coefficient (Wildman–Crippen LogP) is 3.96. The zero-order valence-corrected chi connectivity index (χ0v) is 13.3. The molecule has 0 spiro atoms. The maximum absolute atomic E-state index is 6.21. The van der Waals surface area contributed by atoms with Gasteiger partial charge in [-0.3, -0.25) is 0 Å². The topological polar surface area (TPSA) is 30.5 Å². The first kappa shape index (κ1) is 15.6. The van der Waals surface area contributed by atoms with Crippen LogP contribution in [-0.2, 0) is 4.74 Å². The number of hydrogen-bond acceptors (Lipinski definition) is 3. The first-order valence-corrected chi connectivity index (χ1v) is 7.66. The Balaban J connectivity index is 2.24. The van der Waals surface area contributed by atoms with Crippen molar-refractivity contribution in [3.05, 3.63) is 28.8 Å². The average molecular weight is 298 g/mol. The van der Waals surface area contributed by atoms with Crippen LogP contribution in [0.2, 0.25) is 5.02 Å². The molecule has 0 bridgehead atoms. The van der Waals surface area contributed by atoms with Crippen molar-refractivity contribution in [2.45, 2.75) is 44.8 Å². The number of nitrogens with one attached hydrogen (secondary N) is 1. The molecule has 0 aromatic heterocycles. The fourth-order valence-electron chi connectivity index (χ4n) is 2.71. The van der Waals surface area contributed by atoms with E-state index >= 15 is 0 Å². The van der Waals surface area contributed by atoms with Crippen LogP contribution in [0.5, 0.6) is 5.75 Å². The van der Waals surface area contributed by atoms with Crippen LogP contribution in [-0.4, -0.2) is 25.9 Å². The van der Waals surface area contributed by atoms with Crippen LogP contribution in [0.3, 0.4) is 0 Å². The Morgan fingerprint density at radius 3 is 3.00 bits per heavy atom. The van der Waals surface area contributed by atoms with Gasteiger partial charge in [0.15, 0.2) is 0 Å². The van der Waals surface area contributed by atoms with Crippen LogP contribution >= 0.6 is 11.6 Å². The lowest BCUT2D eigenvalue weighted by molar-refractivity contribution is 0.0171. The normalized spacial score (nSPS) is 25.1.